The highest BCUT2D eigenvalue weighted by atomic mass is 35.5. The molecule has 8 heteroatoms. The van der Waals surface area contributed by atoms with Gasteiger partial charge in [0.15, 0.2) is 6.17 Å². The van der Waals surface area contributed by atoms with E-state index in [4.69, 9.17) is 22.3 Å². The van der Waals surface area contributed by atoms with E-state index in [-0.39, 0.29) is 12.2 Å². The quantitative estimate of drug-likeness (QED) is 0.729. The zero-order chi connectivity index (χ0) is 19.5. The number of aliphatic imine (C=N–C) groups is 2. The van der Waals surface area contributed by atoms with Gasteiger partial charge in [-0.05, 0) is 50.1 Å². The van der Waals surface area contributed by atoms with Gasteiger partial charge in [-0.3, -0.25) is 20.4 Å². The van der Waals surface area contributed by atoms with Crippen LogP contribution in [0.4, 0.5) is 0 Å². The van der Waals surface area contributed by atoms with Gasteiger partial charge in [0.05, 0.1) is 5.02 Å². The summed E-state index contributed by atoms with van der Waals surface area (Å²) in [5.41, 5.74) is 13.4. The molecule has 0 bridgehead atoms. The molecule has 1 aromatic rings. The number of hydrazine groups is 1. The minimum absolute atomic E-state index is 0.155. The second-order valence-corrected chi connectivity index (χ2v) is 7.36. The van der Waals surface area contributed by atoms with Gasteiger partial charge in [0.25, 0.3) is 0 Å². The zero-order valence-electron chi connectivity index (χ0n) is 15.8. The average Bonchev–Trinajstić information content (AvgIpc) is 3.11. The number of hydrogen-bond acceptors (Lipinski definition) is 7. The topological polar surface area (TPSA) is 90.9 Å². The summed E-state index contributed by atoms with van der Waals surface area (Å²) in [6.45, 7) is 2.84. The zero-order valence-corrected chi connectivity index (χ0v) is 16.5. The van der Waals surface area contributed by atoms with E-state index in [2.05, 4.69) is 20.7 Å². The third-order valence-electron chi connectivity index (χ3n) is 5.05. The largest absolute Gasteiger partial charge is 0.404 e. The minimum atomic E-state index is -0.155. The van der Waals surface area contributed by atoms with Crippen LogP contribution in [0, 0.1) is 0 Å². The fourth-order valence-corrected chi connectivity index (χ4v) is 3.93. The van der Waals surface area contributed by atoms with E-state index >= 15 is 0 Å². The van der Waals surface area contributed by atoms with Crippen LogP contribution in [0.5, 0.6) is 0 Å². The summed E-state index contributed by atoms with van der Waals surface area (Å²) < 4.78 is 0. The van der Waals surface area contributed by atoms with Crippen molar-refractivity contribution in [1.29, 1.82) is 0 Å². The molecular formula is C20H24ClN7. The summed E-state index contributed by atoms with van der Waals surface area (Å²) in [7, 11) is 0. The first-order valence-corrected chi connectivity index (χ1v) is 9.89. The molecule has 0 radical (unpaired) electrons. The van der Waals surface area contributed by atoms with Crippen LogP contribution < -0.4 is 16.5 Å². The lowest BCUT2D eigenvalue weighted by atomic mass is 9.89. The van der Waals surface area contributed by atoms with Crippen LogP contribution in [0.15, 0.2) is 58.6 Å². The smallest absolute Gasteiger partial charge is 0.213 e. The number of hydrogen-bond donors (Lipinski definition) is 3. The van der Waals surface area contributed by atoms with Crippen LogP contribution in [0.2, 0.25) is 5.02 Å². The monoisotopic (exact) mass is 397 g/mol. The van der Waals surface area contributed by atoms with Gasteiger partial charge >= 0.3 is 0 Å². The van der Waals surface area contributed by atoms with Crippen molar-refractivity contribution in [2.24, 2.45) is 15.7 Å². The Morgan fingerprint density at radius 2 is 2.36 bits per heavy atom. The normalized spacial score (nSPS) is 26.7. The first-order chi connectivity index (χ1) is 13.7. The Hall–Kier alpha value is -2.80. The fourth-order valence-electron chi connectivity index (χ4n) is 3.75. The number of nitrogens with one attached hydrogen (secondary N) is 2. The van der Waals surface area contributed by atoms with Crippen molar-refractivity contribution in [3.8, 4) is 0 Å². The van der Waals surface area contributed by atoms with Gasteiger partial charge in [-0.2, -0.15) is 0 Å². The van der Waals surface area contributed by atoms with E-state index in [0.717, 1.165) is 54.2 Å². The summed E-state index contributed by atoms with van der Waals surface area (Å²) in [6.07, 6.45) is 13.8. The van der Waals surface area contributed by atoms with Crippen molar-refractivity contribution >= 4 is 28.8 Å². The van der Waals surface area contributed by atoms with Gasteiger partial charge in [-0.15, -0.1) is 0 Å². The van der Waals surface area contributed by atoms with E-state index in [9.17, 15) is 0 Å². The van der Waals surface area contributed by atoms with Crippen LogP contribution >= 0.6 is 11.6 Å². The number of allylic oxidation sites excluding steroid dienone is 2. The van der Waals surface area contributed by atoms with Gasteiger partial charge in [-0.1, -0.05) is 17.7 Å². The molecule has 0 aromatic carbocycles. The van der Waals surface area contributed by atoms with Crippen molar-refractivity contribution < 1.29 is 0 Å². The van der Waals surface area contributed by atoms with Crippen molar-refractivity contribution in [3.05, 3.63) is 59.2 Å². The third kappa shape index (κ3) is 3.75. The van der Waals surface area contributed by atoms with Crippen LogP contribution in [0.25, 0.3) is 5.57 Å². The molecule has 4 N–H and O–H groups in total. The Labute approximate surface area is 169 Å². The molecule has 0 amide bonds. The van der Waals surface area contributed by atoms with Crippen molar-refractivity contribution in [2.75, 3.05) is 6.54 Å². The maximum atomic E-state index is 6.12. The number of aromatic nitrogens is 1. The molecule has 2 unspecified atom stereocenters. The van der Waals surface area contributed by atoms with Crippen LogP contribution in [-0.4, -0.2) is 40.4 Å². The fraction of sp³-hybridized carbons (Fsp3) is 0.350. The molecule has 7 nitrogen and oxygen atoms in total. The SMILES string of the molecule is CCN=C1CCC(NC2=NC3C(c4cncc(Cl)c4)=CC=CN3N2)CC1=CN. The van der Waals surface area contributed by atoms with E-state index < -0.39 is 0 Å². The molecule has 1 fully saturated rings. The second kappa shape index (κ2) is 8.06. The molecule has 2 atom stereocenters. The number of pyridine rings is 1. The lowest BCUT2D eigenvalue weighted by Crippen LogP contribution is -2.47. The summed E-state index contributed by atoms with van der Waals surface area (Å²) in [5, 5.41) is 6.12. The molecule has 3 aliphatic rings. The molecule has 1 aliphatic carbocycles. The Morgan fingerprint density at radius 1 is 1.46 bits per heavy atom. The number of halogens is 1. The molecule has 0 spiro atoms. The van der Waals surface area contributed by atoms with E-state index in [1.165, 1.54) is 0 Å². The van der Waals surface area contributed by atoms with Crippen molar-refractivity contribution in [2.45, 2.75) is 38.4 Å². The standard InChI is InChI=1S/C20H24ClN7/c1-2-24-18-6-5-16(9-13(18)10-22)25-20-26-19-17(4-3-7-28(19)27-20)14-8-15(21)12-23-11-14/h3-4,7-8,10-12,16,19H,2,5-6,9,22H2,1H3,(H2,25,26,27). The number of guanidine groups is 1. The van der Waals surface area contributed by atoms with E-state index in [1.54, 1.807) is 12.4 Å². The third-order valence-corrected chi connectivity index (χ3v) is 5.25. The second-order valence-electron chi connectivity index (χ2n) is 6.92. The molecule has 3 heterocycles. The summed E-state index contributed by atoms with van der Waals surface area (Å²) in [6, 6.07) is 2.18. The highest BCUT2D eigenvalue weighted by Gasteiger charge is 2.31. The average molecular weight is 398 g/mol. The molecular weight excluding hydrogens is 374 g/mol. The van der Waals surface area contributed by atoms with Crippen molar-refractivity contribution in [1.82, 2.24) is 20.7 Å². The number of nitrogens with two attached hydrogens (primary N) is 1. The molecule has 1 saturated carbocycles. The van der Waals surface area contributed by atoms with Gasteiger partial charge < -0.3 is 11.1 Å². The van der Waals surface area contributed by atoms with Crippen molar-refractivity contribution in [3.63, 3.8) is 0 Å². The van der Waals surface area contributed by atoms with E-state index in [1.807, 2.05) is 42.5 Å². The van der Waals surface area contributed by atoms with Gasteiger partial charge in [0.2, 0.25) is 5.96 Å². The molecule has 1 aromatic heterocycles. The Morgan fingerprint density at radius 3 is 3.14 bits per heavy atom. The number of rotatable bonds is 3. The minimum Gasteiger partial charge on any atom is -0.404 e. The lowest BCUT2D eigenvalue weighted by Gasteiger charge is -2.28. The molecule has 0 saturated heterocycles. The van der Waals surface area contributed by atoms with E-state index in [0.29, 0.717) is 5.02 Å². The highest BCUT2D eigenvalue weighted by molar-refractivity contribution is 6.30. The molecule has 28 heavy (non-hydrogen) atoms. The predicted octanol–water partition coefficient (Wildman–Crippen LogP) is 2.59. The molecule has 2 aliphatic heterocycles. The van der Waals surface area contributed by atoms with Gasteiger partial charge in [0, 0.05) is 48.0 Å². The first-order valence-electron chi connectivity index (χ1n) is 9.51. The summed E-state index contributed by atoms with van der Waals surface area (Å²) in [4.78, 5) is 13.6. The summed E-state index contributed by atoms with van der Waals surface area (Å²) >= 11 is 6.12. The van der Waals surface area contributed by atoms with Crippen LogP contribution in [0.3, 0.4) is 0 Å². The Bertz CT molecular complexity index is 900. The predicted molar refractivity (Wildman–Crippen MR) is 114 cm³/mol. The summed E-state index contributed by atoms with van der Waals surface area (Å²) in [5.74, 6) is 0.759. The van der Waals surface area contributed by atoms with Crippen LogP contribution in [-0.2, 0) is 0 Å². The van der Waals surface area contributed by atoms with Crippen LogP contribution in [0.1, 0.15) is 31.7 Å². The maximum Gasteiger partial charge on any atom is 0.213 e. The Kier molecular flexibility index (Phi) is 5.34. The number of nitrogens with zero attached hydrogens (tertiary/aromatic N) is 4. The highest BCUT2D eigenvalue weighted by Crippen LogP contribution is 2.29. The van der Waals surface area contributed by atoms with Gasteiger partial charge in [-0.25, -0.2) is 4.99 Å². The van der Waals surface area contributed by atoms with Gasteiger partial charge in [0.1, 0.15) is 0 Å². The first kappa shape index (κ1) is 18.6. The number of fused-ring (bicyclic) bond motifs is 1. The molecule has 146 valence electrons. The lowest BCUT2D eigenvalue weighted by molar-refractivity contribution is 0.318. The molecule has 4 rings (SSSR count). The maximum absolute atomic E-state index is 6.12. The Balaban J connectivity index is 1.48.